The second kappa shape index (κ2) is 11.3. The number of sulfone groups is 1. The van der Waals surface area contributed by atoms with E-state index in [1.807, 2.05) is 6.92 Å². The number of amides is 2. The molecule has 9 heteroatoms. The molecule has 178 valence electrons. The van der Waals surface area contributed by atoms with Crippen LogP contribution in [0.2, 0.25) is 0 Å². The van der Waals surface area contributed by atoms with Crippen molar-refractivity contribution in [3.63, 3.8) is 0 Å². The number of carboxylic acids is 1. The molecule has 0 bridgehead atoms. The van der Waals surface area contributed by atoms with E-state index in [0.717, 1.165) is 0 Å². The van der Waals surface area contributed by atoms with Crippen LogP contribution in [0.3, 0.4) is 0 Å². The minimum atomic E-state index is -3.73. The summed E-state index contributed by atoms with van der Waals surface area (Å²) < 4.78 is 31.7. The van der Waals surface area contributed by atoms with Crippen molar-refractivity contribution in [3.05, 3.63) is 84.4 Å². The number of benzene rings is 3. The maximum Gasteiger partial charge on any atom is 0.319 e. The molecule has 3 aromatic rings. The first-order chi connectivity index (χ1) is 16.3. The number of rotatable bonds is 10. The number of carboxylic acid groups (broad SMARTS) is 1. The maximum atomic E-state index is 13.0. The molecule has 34 heavy (non-hydrogen) atoms. The third-order valence-electron chi connectivity index (χ3n) is 4.98. The van der Waals surface area contributed by atoms with E-state index in [2.05, 4.69) is 10.6 Å². The van der Waals surface area contributed by atoms with E-state index >= 15 is 0 Å². The van der Waals surface area contributed by atoms with E-state index in [1.165, 1.54) is 12.1 Å². The Labute approximate surface area is 198 Å². The molecule has 0 fully saturated rings. The molecule has 1 atom stereocenters. The van der Waals surface area contributed by atoms with Gasteiger partial charge in [0.2, 0.25) is 0 Å². The molecule has 2 amide bonds. The highest BCUT2D eigenvalue weighted by Gasteiger charge is 2.25. The van der Waals surface area contributed by atoms with E-state index in [1.54, 1.807) is 66.7 Å². The number of aliphatic carboxylic acids is 1. The zero-order valence-corrected chi connectivity index (χ0v) is 19.4. The molecule has 0 spiro atoms. The van der Waals surface area contributed by atoms with Crippen LogP contribution in [0.5, 0.6) is 11.5 Å². The molecule has 3 aromatic carbocycles. The van der Waals surface area contributed by atoms with Gasteiger partial charge in [0.25, 0.3) is 0 Å². The van der Waals surface area contributed by atoms with Crippen LogP contribution in [0, 0.1) is 0 Å². The van der Waals surface area contributed by atoms with Gasteiger partial charge in [0.1, 0.15) is 11.5 Å². The lowest BCUT2D eigenvalue weighted by atomic mass is 9.98. The van der Waals surface area contributed by atoms with Crippen LogP contribution in [0.1, 0.15) is 24.8 Å². The number of carbonyl (C=O) groups excluding carboxylic acids is 1. The fourth-order valence-electron chi connectivity index (χ4n) is 3.36. The Morgan fingerprint density at radius 1 is 0.912 bits per heavy atom. The van der Waals surface area contributed by atoms with Crippen LogP contribution in [-0.4, -0.2) is 37.8 Å². The lowest BCUT2D eigenvalue weighted by molar-refractivity contribution is -0.137. The summed E-state index contributed by atoms with van der Waals surface area (Å²) in [6.45, 7) is 2.34. The standard InChI is InChI=1S/C25H26N2O6S/c1-2-26-25(30)27-20-8-10-21(11-9-20)33-22-12-14-23(15-13-22)34(31,32)17-19(16-24(28)29)18-6-4-3-5-7-18/h3-15,19H,2,16-17H2,1H3,(H,28,29)(H2,26,27,30). The molecule has 3 rings (SSSR count). The zero-order chi connectivity index (χ0) is 24.6. The summed E-state index contributed by atoms with van der Waals surface area (Å²) in [6.07, 6.45) is -0.282. The van der Waals surface area contributed by atoms with E-state index in [-0.39, 0.29) is 23.1 Å². The van der Waals surface area contributed by atoms with Crippen LogP contribution in [0.15, 0.2) is 83.8 Å². The van der Waals surface area contributed by atoms with Gasteiger partial charge in [-0.15, -0.1) is 0 Å². The van der Waals surface area contributed by atoms with E-state index in [0.29, 0.717) is 29.3 Å². The SMILES string of the molecule is CCNC(=O)Nc1ccc(Oc2ccc(S(=O)(=O)CC(CC(=O)O)c3ccccc3)cc2)cc1. The summed E-state index contributed by atoms with van der Waals surface area (Å²) in [5.41, 5.74) is 1.27. The van der Waals surface area contributed by atoms with Gasteiger partial charge in [0.05, 0.1) is 17.1 Å². The summed E-state index contributed by atoms with van der Waals surface area (Å²) in [6, 6.07) is 21.2. The largest absolute Gasteiger partial charge is 0.481 e. The van der Waals surface area contributed by atoms with Crippen LogP contribution < -0.4 is 15.4 Å². The van der Waals surface area contributed by atoms with Gasteiger partial charge in [0.15, 0.2) is 9.84 Å². The van der Waals surface area contributed by atoms with Crippen molar-refractivity contribution < 1.29 is 27.9 Å². The smallest absolute Gasteiger partial charge is 0.319 e. The first-order valence-corrected chi connectivity index (χ1v) is 12.3. The second-order valence-electron chi connectivity index (χ2n) is 7.57. The highest BCUT2D eigenvalue weighted by atomic mass is 32.2. The van der Waals surface area contributed by atoms with Gasteiger partial charge < -0.3 is 20.5 Å². The molecular formula is C25H26N2O6S. The molecule has 0 aliphatic carbocycles. The third kappa shape index (κ3) is 7.08. The molecule has 0 heterocycles. The van der Waals surface area contributed by atoms with Crippen LogP contribution in [-0.2, 0) is 14.6 Å². The minimum absolute atomic E-state index is 0.0904. The quantitative estimate of drug-likeness (QED) is 0.387. The molecule has 0 aliphatic rings. The fraction of sp³-hybridized carbons (Fsp3) is 0.200. The predicted octanol–water partition coefficient (Wildman–Crippen LogP) is 4.65. The Morgan fingerprint density at radius 3 is 2.06 bits per heavy atom. The highest BCUT2D eigenvalue weighted by molar-refractivity contribution is 7.91. The number of ether oxygens (including phenoxy) is 1. The van der Waals surface area contributed by atoms with Gasteiger partial charge >= 0.3 is 12.0 Å². The number of urea groups is 1. The van der Waals surface area contributed by atoms with Crippen molar-refractivity contribution in [1.29, 1.82) is 0 Å². The molecule has 3 N–H and O–H groups in total. The highest BCUT2D eigenvalue weighted by Crippen LogP contribution is 2.28. The molecule has 0 aromatic heterocycles. The Bertz CT molecular complexity index is 1210. The Balaban J connectivity index is 1.68. The summed E-state index contributed by atoms with van der Waals surface area (Å²) in [7, 11) is -3.73. The second-order valence-corrected chi connectivity index (χ2v) is 9.60. The molecule has 8 nitrogen and oxygen atoms in total. The lowest BCUT2D eigenvalue weighted by Crippen LogP contribution is -2.28. The summed E-state index contributed by atoms with van der Waals surface area (Å²) in [5.74, 6) is -1.08. The summed E-state index contributed by atoms with van der Waals surface area (Å²) >= 11 is 0. The topological polar surface area (TPSA) is 122 Å². The number of anilines is 1. The molecular weight excluding hydrogens is 456 g/mol. The number of hydrogen-bond donors (Lipinski definition) is 3. The van der Waals surface area contributed by atoms with E-state index in [9.17, 15) is 23.1 Å². The van der Waals surface area contributed by atoms with Crippen LogP contribution >= 0.6 is 0 Å². The van der Waals surface area contributed by atoms with Gasteiger partial charge in [-0.1, -0.05) is 30.3 Å². The van der Waals surface area contributed by atoms with Gasteiger partial charge in [-0.25, -0.2) is 13.2 Å². The van der Waals surface area contributed by atoms with E-state index < -0.39 is 21.7 Å². The number of nitrogens with one attached hydrogen (secondary N) is 2. The van der Waals surface area contributed by atoms with Crippen molar-refractivity contribution in [2.24, 2.45) is 0 Å². The third-order valence-corrected chi connectivity index (χ3v) is 6.81. The average Bonchev–Trinajstić information content (AvgIpc) is 2.81. The average molecular weight is 483 g/mol. The van der Waals surface area contributed by atoms with Gasteiger partial charge in [-0.2, -0.15) is 0 Å². The maximum absolute atomic E-state index is 13.0. The molecule has 1 unspecified atom stereocenters. The predicted molar refractivity (Wildman–Crippen MR) is 129 cm³/mol. The fourth-order valence-corrected chi connectivity index (χ4v) is 4.95. The molecule has 0 saturated heterocycles. The van der Waals surface area contributed by atoms with Crippen molar-refractivity contribution in [1.82, 2.24) is 5.32 Å². The normalized spacial score (nSPS) is 11.9. The Kier molecular flexibility index (Phi) is 8.26. The van der Waals surface area contributed by atoms with Crippen LogP contribution in [0.25, 0.3) is 0 Å². The first-order valence-electron chi connectivity index (χ1n) is 10.7. The van der Waals surface area contributed by atoms with Crippen LogP contribution in [0.4, 0.5) is 10.5 Å². The lowest BCUT2D eigenvalue weighted by Gasteiger charge is -2.16. The number of hydrogen-bond acceptors (Lipinski definition) is 5. The minimum Gasteiger partial charge on any atom is -0.481 e. The van der Waals surface area contributed by atoms with Crippen molar-refractivity contribution >= 4 is 27.5 Å². The van der Waals surface area contributed by atoms with Crippen molar-refractivity contribution in [3.8, 4) is 11.5 Å². The van der Waals surface area contributed by atoms with E-state index in [4.69, 9.17) is 4.74 Å². The first kappa shape index (κ1) is 24.8. The monoisotopic (exact) mass is 482 g/mol. The summed E-state index contributed by atoms with van der Waals surface area (Å²) in [5, 5.41) is 14.6. The van der Waals surface area contributed by atoms with Gasteiger partial charge in [-0.05, 0) is 61.0 Å². The van der Waals surface area contributed by atoms with Crippen molar-refractivity contribution in [2.45, 2.75) is 24.2 Å². The zero-order valence-electron chi connectivity index (χ0n) is 18.6. The Hall–Kier alpha value is -3.85. The number of carbonyl (C=O) groups is 2. The molecule has 0 saturated carbocycles. The van der Waals surface area contributed by atoms with Gasteiger partial charge in [0, 0.05) is 18.2 Å². The summed E-state index contributed by atoms with van der Waals surface area (Å²) in [4.78, 5) is 23.0. The molecule has 0 aliphatic heterocycles. The molecule has 0 radical (unpaired) electrons. The van der Waals surface area contributed by atoms with Gasteiger partial charge in [-0.3, -0.25) is 4.79 Å². The van der Waals surface area contributed by atoms with Crippen molar-refractivity contribution in [2.75, 3.05) is 17.6 Å². The Morgan fingerprint density at radius 2 is 1.50 bits per heavy atom.